The van der Waals surface area contributed by atoms with Crippen LogP contribution in [-0.4, -0.2) is 31.1 Å². The molecular weight excluding hydrogens is 240 g/mol. The number of hydrogen-bond acceptors (Lipinski definition) is 4. The molecule has 1 atom stereocenters. The SMILES string of the molecule is Cc1cccc(CO)c1OC1CCS(=O)(=O)C1. The van der Waals surface area contributed by atoms with Crippen molar-refractivity contribution in [3.8, 4) is 5.75 Å². The van der Waals surface area contributed by atoms with Gasteiger partial charge in [0, 0.05) is 5.56 Å². The van der Waals surface area contributed by atoms with Crippen molar-refractivity contribution in [2.45, 2.75) is 26.1 Å². The fraction of sp³-hybridized carbons (Fsp3) is 0.500. The fourth-order valence-corrected chi connectivity index (χ4v) is 3.62. The Hall–Kier alpha value is -1.07. The van der Waals surface area contributed by atoms with Crippen LogP contribution in [-0.2, 0) is 16.4 Å². The molecule has 2 rings (SSSR count). The van der Waals surface area contributed by atoms with Crippen LogP contribution in [0, 0.1) is 6.92 Å². The molecule has 1 fully saturated rings. The van der Waals surface area contributed by atoms with Gasteiger partial charge >= 0.3 is 0 Å². The van der Waals surface area contributed by atoms with Crippen LogP contribution in [0.25, 0.3) is 0 Å². The van der Waals surface area contributed by atoms with E-state index in [1.54, 1.807) is 6.07 Å². The number of aliphatic hydroxyl groups excluding tert-OH is 1. The van der Waals surface area contributed by atoms with Gasteiger partial charge in [-0.2, -0.15) is 0 Å². The molecule has 0 saturated carbocycles. The number of para-hydroxylation sites is 1. The Balaban J connectivity index is 2.19. The van der Waals surface area contributed by atoms with E-state index < -0.39 is 9.84 Å². The van der Waals surface area contributed by atoms with Gasteiger partial charge < -0.3 is 9.84 Å². The van der Waals surface area contributed by atoms with Crippen LogP contribution in [0.3, 0.4) is 0 Å². The zero-order chi connectivity index (χ0) is 12.5. The van der Waals surface area contributed by atoms with Gasteiger partial charge in [0.1, 0.15) is 11.9 Å². The number of aryl methyl sites for hydroxylation is 1. The summed E-state index contributed by atoms with van der Waals surface area (Å²) < 4.78 is 28.4. The zero-order valence-electron chi connectivity index (χ0n) is 9.72. The number of hydrogen-bond donors (Lipinski definition) is 1. The maximum atomic E-state index is 11.3. The largest absolute Gasteiger partial charge is 0.489 e. The third kappa shape index (κ3) is 2.79. The lowest BCUT2D eigenvalue weighted by atomic mass is 10.1. The van der Waals surface area contributed by atoms with Crippen molar-refractivity contribution in [3.63, 3.8) is 0 Å². The number of benzene rings is 1. The molecule has 0 bridgehead atoms. The summed E-state index contributed by atoms with van der Waals surface area (Å²) in [6, 6.07) is 5.52. The molecule has 5 heteroatoms. The minimum Gasteiger partial charge on any atom is -0.489 e. The lowest BCUT2D eigenvalue weighted by molar-refractivity contribution is 0.214. The van der Waals surface area contributed by atoms with Gasteiger partial charge in [-0.25, -0.2) is 8.42 Å². The van der Waals surface area contributed by atoms with Crippen molar-refractivity contribution in [3.05, 3.63) is 29.3 Å². The summed E-state index contributed by atoms with van der Waals surface area (Å²) in [5.41, 5.74) is 1.62. The highest BCUT2D eigenvalue weighted by Crippen LogP contribution is 2.27. The van der Waals surface area contributed by atoms with Crippen molar-refractivity contribution in [2.24, 2.45) is 0 Å². The minimum atomic E-state index is -2.94. The van der Waals surface area contributed by atoms with Crippen LogP contribution in [0.15, 0.2) is 18.2 Å². The zero-order valence-corrected chi connectivity index (χ0v) is 10.5. The average molecular weight is 256 g/mol. The number of aliphatic hydroxyl groups is 1. The number of rotatable bonds is 3. The lowest BCUT2D eigenvalue weighted by Gasteiger charge is -2.17. The first-order valence-corrected chi connectivity index (χ1v) is 7.40. The molecule has 1 aliphatic rings. The summed E-state index contributed by atoms with van der Waals surface area (Å²) in [6.07, 6.45) is 0.244. The normalized spacial score (nSPS) is 22.6. The van der Waals surface area contributed by atoms with Crippen molar-refractivity contribution < 1.29 is 18.3 Å². The maximum Gasteiger partial charge on any atom is 0.154 e. The smallest absolute Gasteiger partial charge is 0.154 e. The molecule has 17 heavy (non-hydrogen) atoms. The van der Waals surface area contributed by atoms with Crippen molar-refractivity contribution in [1.82, 2.24) is 0 Å². The number of ether oxygens (including phenoxy) is 1. The van der Waals surface area contributed by atoms with Gasteiger partial charge in [0.15, 0.2) is 9.84 Å². The summed E-state index contributed by atoms with van der Waals surface area (Å²) in [4.78, 5) is 0. The van der Waals surface area contributed by atoms with Gasteiger partial charge in [-0.05, 0) is 18.9 Å². The molecule has 0 aliphatic carbocycles. The standard InChI is InChI=1S/C12H16O4S/c1-9-3-2-4-10(7-13)12(9)16-11-5-6-17(14,15)8-11/h2-4,11,13H,5-8H2,1H3. The molecule has 4 nitrogen and oxygen atoms in total. The van der Waals surface area contributed by atoms with Gasteiger partial charge in [-0.3, -0.25) is 0 Å². The highest BCUT2D eigenvalue weighted by molar-refractivity contribution is 7.91. The molecule has 1 N–H and O–H groups in total. The predicted molar refractivity (Wildman–Crippen MR) is 64.8 cm³/mol. The van der Waals surface area contributed by atoms with Gasteiger partial charge in [-0.15, -0.1) is 0 Å². The van der Waals surface area contributed by atoms with E-state index in [0.717, 1.165) is 5.56 Å². The fourth-order valence-electron chi connectivity index (χ4n) is 2.03. The first-order chi connectivity index (χ1) is 8.02. The van der Waals surface area contributed by atoms with Crippen molar-refractivity contribution >= 4 is 9.84 Å². The Kier molecular flexibility index (Phi) is 3.40. The molecule has 0 spiro atoms. The first-order valence-electron chi connectivity index (χ1n) is 5.58. The lowest BCUT2D eigenvalue weighted by Crippen LogP contribution is -2.19. The monoisotopic (exact) mass is 256 g/mol. The second-order valence-corrected chi connectivity index (χ2v) is 6.59. The topological polar surface area (TPSA) is 63.6 Å². The molecular formula is C12H16O4S. The molecule has 0 aromatic heterocycles. The molecule has 94 valence electrons. The van der Waals surface area contributed by atoms with E-state index in [9.17, 15) is 13.5 Å². The van der Waals surface area contributed by atoms with Gasteiger partial charge in [0.2, 0.25) is 0 Å². The second-order valence-electron chi connectivity index (χ2n) is 4.36. The quantitative estimate of drug-likeness (QED) is 0.878. The third-order valence-electron chi connectivity index (χ3n) is 2.94. The van der Waals surface area contributed by atoms with Crippen LogP contribution in [0.1, 0.15) is 17.5 Å². The van der Waals surface area contributed by atoms with E-state index in [2.05, 4.69) is 0 Å². The van der Waals surface area contributed by atoms with Crippen molar-refractivity contribution in [2.75, 3.05) is 11.5 Å². The Morgan fingerprint density at radius 1 is 1.47 bits per heavy atom. The summed E-state index contributed by atoms with van der Waals surface area (Å²) in [7, 11) is -2.94. The Bertz CT molecular complexity index is 507. The molecule has 1 unspecified atom stereocenters. The summed E-state index contributed by atoms with van der Waals surface area (Å²) in [6.45, 7) is 1.79. The summed E-state index contributed by atoms with van der Waals surface area (Å²) in [5.74, 6) is 0.890. The average Bonchev–Trinajstić information content (AvgIpc) is 2.61. The van der Waals surface area contributed by atoms with Crippen LogP contribution >= 0.6 is 0 Å². The van der Waals surface area contributed by atoms with Crippen molar-refractivity contribution in [1.29, 1.82) is 0 Å². The highest BCUT2D eigenvalue weighted by atomic mass is 32.2. The highest BCUT2D eigenvalue weighted by Gasteiger charge is 2.30. The van der Waals surface area contributed by atoms with Crippen LogP contribution in [0.4, 0.5) is 0 Å². The molecule has 0 radical (unpaired) electrons. The Labute approximate surface area is 101 Å². The van der Waals surface area contributed by atoms with Crippen LogP contribution in [0.5, 0.6) is 5.75 Å². The molecule has 1 aromatic rings. The first kappa shape index (κ1) is 12.4. The summed E-state index contributed by atoms with van der Waals surface area (Å²) in [5, 5.41) is 9.22. The molecule has 1 aliphatic heterocycles. The Morgan fingerprint density at radius 3 is 2.82 bits per heavy atom. The minimum absolute atomic E-state index is 0.0756. The van der Waals surface area contributed by atoms with E-state index in [1.807, 2.05) is 19.1 Å². The van der Waals surface area contributed by atoms with Gasteiger partial charge in [-0.1, -0.05) is 18.2 Å². The van der Waals surface area contributed by atoms with E-state index in [-0.39, 0.29) is 24.2 Å². The number of sulfone groups is 1. The van der Waals surface area contributed by atoms with Crippen LogP contribution < -0.4 is 4.74 Å². The van der Waals surface area contributed by atoms with Gasteiger partial charge in [0.25, 0.3) is 0 Å². The Morgan fingerprint density at radius 2 is 2.24 bits per heavy atom. The second kappa shape index (κ2) is 4.66. The van der Waals surface area contributed by atoms with Crippen LogP contribution in [0.2, 0.25) is 0 Å². The maximum absolute atomic E-state index is 11.3. The molecule has 0 amide bonds. The summed E-state index contributed by atoms with van der Waals surface area (Å²) >= 11 is 0. The third-order valence-corrected chi connectivity index (χ3v) is 4.68. The van der Waals surface area contributed by atoms with E-state index in [4.69, 9.17) is 4.74 Å². The van der Waals surface area contributed by atoms with E-state index >= 15 is 0 Å². The molecule has 1 saturated heterocycles. The molecule has 1 heterocycles. The van der Waals surface area contributed by atoms with E-state index in [1.165, 1.54) is 0 Å². The molecule has 1 aromatic carbocycles. The predicted octanol–water partition coefficient (Wildman–Crippen LogP) is 1.05. The van der Waals surface area contributed by atoms with E-state index in [0.29, 0.717) is 17.7 Å². The van der Waals surface area contributed by atoms with Gasteiger partial charge in [0.05, 0.1) is 18.1 Å².